The Balaban J connectivity index is 2.82. The molecule has 1 rings (SSSR count). The summed E-state index contributed by atoms with van der Waals surface area (Å²) in [6.45, 7) is -1.68. The van der Waals surface area contributed by atoms with Crippen LogP contribution in [0.25, 0.3) is 0 Å². The van der Waals surface area contributed by atoms with Crippen LogP contribution in [0.1, 0.15) is 10.9 Å². The van der Waals surface area contributed by atoms with Crippen LogP contribution in [0.5, 0.6) is 11.5 Å². The molecule has 0 heterocycles. The number of rotatable bonds is 6. The Hall–Kier alpha value is -0.850. The first-order valence-electron chi connectivity index (χ1n) is 5.49. The Kier molecular flexibility index (Phi) is 6.23. The molecule has 1 aromatic carbocycles. The summed E-state index contributed by atoms with van der Waals surface area (Å²) < 4.78 is 50.6. The Labute approximate surface area is 124 Å². The molecule has 0 aliphatic carbocycles. The van der Waals surface area contributed by atoms with Gasteiger partial charge >= 0.3 is 6.18 Å². The smallest absolute Gasteiger partial charge is 0.411 e. The van der Waals surface area contributed by atoms with Crippen molar-refractivity contribution in [3.05, 3.63) is 22.7 Å². The number of methoxy groups -OCH3 is 2. The predicted molar refractivity (Wildman–Crippen MR) is 70.0 cm³/mol. The van der Waals surface area contributed by atoms with Crippen molar-refractivity contribution in [2.45, 2.75) is 11.6 Å². The molecule has 0 amide bonds. The van der Waals surface area contributed by atoms with E-state index in [1.54, 1.807) is 12.1 Å². The van der Waals surface area contributed by atoms with Crippen molar-refractivity contribution in [2.24, 2.45) is 0 Å². The zero-order valence-corrected chi connectivity index (χ0v) is 12.3. The van der Waals surface area contributed by atoms with Gasteiger partial charge in [-0.2, -0.15) is 13.2 Å². The van der Waals surface area contributed by atoms with Gasteiger partial charge in [0.2, 0.25) is 0 Å². The Morgan fingerprint density at radius 2 is 1.85 bits per heavy atom. The summed E-state index contributed by atoms with van der Waals surface area (Å²) in [4.78, 5) is 0. The van der Waals surface area contributed by atoms with E-state index in [4.69, 9.17) is 32.7 Å². The van der Waals surface area contributed by atoms with Crippen molar-refractivity contribution in [1.82, 2.24) is 0 Å². The van der Waals surface area contributed by atoms with E-state index in [1.165, 1.54) is 14.2 Å². The average molecular weight is 333 g/mol. The molecule has 0 bridgehead atoms. The Morgan fingerprint density at radius 1 is 1.20 bits per heavy atom. The molecule has 0 saturated carbocycles. The largest absolute Gasteiger partial charge is 0.495 e. The molecule has 0 saturated heterocycles. The monoisotopic (exact) mass is 332 g/mol. The summed E-state index contributed by atoms with van der Waals surface area (Å²) in [5.41, 5.74) is 0.433. The fraction of sp³-hybridized carbons (Fsp3) is 0.500. The molecule has 20 heavy (non-hydrogen) atoms. The third-order valence-corrected chi connectivity index (χ3v) is 3.10. The van der Waals surface area contributed by atoms with Gasteiger partial charge in [-0.15, -0.1) is 11.6 Å². The molecule has 114 valence electrons. The number of hydrogen-bond donors (Lipinski definition) is 0. The van der Waals surface area contributed by atoms with E-state index < -0.39 is 18.2 Å². The van der Waals surface area contributed by atoms with Gasteiger partial charge in [0.05, 0.1) is 26.2 Å². The SMILES string of the molecule is COc1ccc(C(Cl)COCC(F)(F)F)c(OC)c1Cl. The second-order valence-electron chi connectivity index (χ2n) is 3.80. The highest BCUT2D eigenvalue weighted by Crippen LogP contribution is 2.41. The topological polar surface area (TPSA) is 27.7 Å². The summed E-state index contributed by atoms with van der Waals surface area (Å²) >= 11 is 12.1. The van der Waals surface area contributed by atoms with Crippen molar-refractivity contribution in [2.75, 3.05) is 27.4 Å². The van der Waals surface area contributed by atoms with E-state index in [1.807, 2.05) is 0 Å². The third-order valence-electron chi connectivity index (χ3n) is 2.38. The maximum absolute atomic E-state index is 12.0. The lowest BCUT2D eigenvalue weighted by molar-refractivity contribution is -0.173. The van der Waals surface area contributed by atoms with Crippen LogP contribution in [0, 0.1) is 0 Å². The van der Waals surface area contributed by atoms with Crippen molar-refractivity contribution in [3.8, 4) is 11.5 Å². The van der Waals surface area contributed by atoms with Gasteiger partial charge in [-0.3, -0.25) is 0 Å². The molecule has 0 spiro atoms. The molecule has 8 heteroatoms. The second kappa shape index (κ2) is 7.24. The van der Waals surface area contributed by atoms with Gasteiger partial charge in [0, 0.05) is 5.56 Å². The van der Waals surface area contributed by atoms with Gasteiger partial charge in [0.1, 0.15) is 23.1 Å². The van der Waals surface area contributed by atoms with Crippen LogP contribution < -0.4 is 9.47 Å². The molecule has 3 nitrogen and oxygen atoms in total. The molecule has 0 aliphatic rings. The van der Waals surface area contributed by atoms with Crippen LogP contribution >= 0.6 is 23.2 Å². The maximum Gasteiger partial charge on any atom is 0.411 e. The van der Waals surface area contributed by atoms with E-state index >= 15 is 0 Å². The first-order valence-corrected chi connectivity index (χ1v) is 6.30. The Morgan fingerprint density at radius 3 is 2.35 bits per heavy atom. The van der Waals surface area contributed by atoms with Gasteiger partial charge in [-0.1, -0.05) is 11.6 Å². The highest BCUT2D eigenvalue weighted by molar-refractivity contribution is 6.34. The van der Waals surface area contributed by atoms with E-state index in [9.17, 15) is 13.2 Å². The predicted octanol–water partition coefficient (Wildman–Crippen LogP) is 4.22. The molecule has 0 radical (unpaired) electrons. The lowest BCUT2D eigenvalue weighted by Gasteiger charge is -2.17. The summed E-state index contributed by atoms with van der Waals surface area (Å²) in [7, 11) is 2.81. The molecule has 1 aromatic rings. The minimum absolute atomic E-state index is 0.203. The number of halogens is 5. The summed E-state index contributed by atoms with van der Waals surface area (Å²) in [6, 6.07) is 3.12. The number of benzene rings is 1. The summed E-state index contributed by atoms with van der Waals surface area (Å²) in [5.74, 6) is 0.633. The first-order chi connectivity index (χ1) is 9.30. The van der Waals surface area contributed by atoms with E-state index in [0.29, 0.717) is 11.3 Å². The van der Waals surface area contributed by atoms with Gasteiger partial charge in [-0.05, 0) is 12.1 Å². The second-order valence-corrected chi connectivity index (χ2v) is 4.71. The van der Waals surface area contributed by atoms with Crippen molar-refractivity contribution in [3.63, 3.8) is 0 Å². The zero-order chi connectivity index (χ0) is 15.3. The maximum atomic E-state index is 12.0. The van der Waals surface area contributed by atoms with E-state index in [0.717, 1.165) is 0 Å². The average Bonchev–Trinajstić information content (AvgIpc) is 2.36. The minimum Gasteiger partial charge on any atom is -0.495 e. The Bertz CT molecular complexity index is 452. The van der Waals surface area contributed by atoms with Gasteiger partial charge in [0.25, 0.3) is 0 Å². The highest BCUT2D eigenvalue weighted by Gasteiger charge is 2.28. The zero-order valence-electron chi connectivity index (χ0n) is 10.8. The third kappa shape index (κ3) is 4.61. The van der Waals surface area contributed by atoms with Crippen LogP contribution in [0.2, 0.25) is 5.02 Å². The lowest BCUT2D eigenvalue weighted by Crippen LogP contribution is -2.18. The van der Waals surface area contributed by atoms with Gasteiger partial charge in [-0.25, -0.2) is 0 Å². The van der Waals surface area contributed by atoms with Gasteiger partial charge in [0.15, 0.2) is 0 Å². The quantitative estimate of drug-likeness (QED) is 0.730. The van der Waals surface area contributed by atoms with Crippen molar-refractivity contribution in [1.29, 1.82) is 0 Å². The fourth-order valence-electron chi connectivity index (χ4n) is 1.53. The normalized spacial score (nSPS) is 13.2. The van der Waals surface area contributed by atoms with E-state index in [-0.39, 0.29) is 17.4 Å². The minimum atomic E-state index is -4.39. The molecule has 0 N–H and O–H groups in total. The van der Waals surface area contributed by atoms with Crippen LogP contribution in [0.4, 0.5) is 13.2 Å². The standard InChI is InChI=1S/C12H13Cl2F3O3/c1-18-9-4-3-7(11(19-2)10(9)14)8(13)5-20-6-12(15,16)17/h3-4,8H,5-6H2,1-2H3. The van der Waals surface area contributed by atoms with E-state index in [2.05, 4.69) is 4.74 Å². The molecular weight excluding hydrogens is 320 g/mol. The fourth-order valence-corrected chi connectivity index (χ4v) is 2.12. The number of hydrogen-bond acceptors (Lipinski definition) is 3. The van der Waals surface area contributed by atoms with Crippen molar-refractivity contribution >= 4 is 23.2 Å². The first kappa shape index (κ1) is 17.2. The number of alkyl halides is 4. The lowest BCUT2D eigenvalue weighted by atomic mass is 10.1. The number of ether oxygens (including phenoxy) is 3. The van der Waals surface area contributed by atoms with Crippen LogP contribution in [-0.2, 0) is 4.74 Å². The summed E-state index contributed by atoms with van der Waals surface area (Å²) in [6.07, 6.45) is -4.39. The van der Waals surface area contributed by atoms with Crippen LogP contribution in [0.15, 0.2) is 12.1 Å². The highest BCUT2D eigenvalue weighted by atomic mass is 35.5. The molecule has 0 fully saturated rings. The van der Waals surface area contributed by atoms with Crippen LogP contribution in [-0.4, -0.2) is 33.6 Å². The molecule has 1 unspecified atom stereocenters. The van der Waals surface area contributed by atoms with Gasteiger partial charge < -0.3 is 14.2 Å². The van der Waals surface area contributed by atoms with Crippen molar-refractivity contribution < 1.29 is 27.4 Å². The molecule has 0 aliphatic heterocycles. The van der Waals surface area contributed by atoms with Crippen LogP contribution in [0.3, 0.4) is 0 Å². The molecule has 0 aromatic heterocycles. The molecule has 1 atom stereocenters. The summed E-state index contributed by atoms with van der Waals surface area (Å²) in [5, 5.41) is -0.621. The molecular formula is C12H13Cl2F3O3.